The third-order valence-corrected chi connectivity index (χ3v) is 6.36. The first-order chi connectivity index (χ1) is 12.7. The van der Waals surface area contributed by atoms with Crippen LogP contribution in [0, 0.1) is 0 Å². The Balaban J connectivity index is 1.76. The number of piperidine rings is 1. The van der Waals surface area contributed by atoms with Crippen molar-refractivity contribution in [3.8, 4) is 6.01 Å². The quantitative estimate of drug-likeness (QED) is 0.756. The van der Waals surface area contributed by atoms with Crippen LogP contribution in [-0.2, 0) is 16.2 Å². The number of halogens is 4. The predicted molar refractivity (Wildman–Crippen MR) is 90.9 cm³/mol. The molecule has 27 heavy (non-hydrogen) atoms. The van der Waals surface area contributed by atoms with Crippen LogP contribution in [0.1, 0.15) is 18.5 Å². The zero-order valence-electron chi connectivity index (χ0n) is 13.9. The van der Waals surface area contributed by atoms with Crippen LogP contribution in [0.4, 0.5) is 13.2 Å². The molecule has 2 aromatic rings. The van der Waals surface area contributed by atoms with Gasteiger partial charge in [-0.3, -0.25) is 0 Å². The lowest BCUT2D eigenvalue weighted by molar-refractivity contribution is -0.141. The van der Waals surface area contributed by atoms with Crippen LogP contribution in [0.2, 0.25) is 5.02 Å². The van der Waals surface area contributed by atoms with E-state index in [1.165, 1.54) is 16.4 Å². The fourth-order valence-corrected chi connectivity index (χ4v) is 4.72. The van der Waals surface area contributed by atoms with Crippen LogP contribution in [0.3, 0.4) is 0 Å². The lowest BCUT2D eigenvalue weighted by Gasteiger charge is -2.31. The number of aromatic nitrogens is 2. The number of rotatable bonds is 4. The van der Waals surface area contributed by atoms with E-state index in [0.29, 0.717) is 12.8 Å². The van der Waals surface area contributed by atoms with Crippen molar-refractivity contribution in [2.24, 2.45) is 0 Å². The summed E-state index contributed by atoms with van der Waals surface area (Å²) in [4.78, 5) is 7.01. The molecule has 6 nitrogen and oxygen atoms in total. The Hall–Kier alpha value is -1.91. The summed E-state index contributed by atoms with van der Waals surface area (Å²) in [5.41, 5.74) is -1.12. The minimum Gasteiger partial charge on any atom is -0.459 e. The first kappa shape index (κ1) is 19.8. The smallest absolute Gasteiger partial charge is 0.433 e. The lowest BCUT2D eigenvalue weighted by atomic mass is 10.1. The second kappa shape index (κ2) is 7.61. The van der Waals surface area contributed by atoms with E-state index in [2.05, 4.69) is 9.97 Å². The zero-order valence-corrected chi connectivity index (χ0v) is 15.4. The van der Waals surface area contributed by atoms with Gasteiger partial charge in [0, 0.05) is 12.7 Å². The molecule has 0 N–H and O–H groups in total. The SMILES string of the molecule is O=S(=O)(c1ccccc1Cl)N1CCCC(Oc2nccc(C(F)(F)F)n2)C1. The summed E-state index contributed by atoms with van der Waals surface area (Å²) in [7, 11) is -3.85. The van der Waals surface area contributed by atoms with Gasteiger partial charge in [-0.1, -0.05) is 23.7 Å². The number of benzene rings is 1. The Morgan fingerprint density at radius 3 is 2.67 bits per heavy atom. The Kier molecular flexibility index (Phi) is 5.59. The molecule has 1 atom stereocenters. The zero-order chi connectivity index (χ0) is 19.7. The largest absolute Gasteiger partial charge is 0.459 e. The molecule has 11 heteroatoms. The molecule has 146 valence electrons. The molecule has 1 unspecified atom stereocenters. The standard InChI is InChI=1S/C16H15ClF3N3O3S/c17-12-5-1-2-6-13(12)27(24,25)23-9-3-4-11(10-23)26-15-21-8-7-14(22-15)16(18,19)20/h1-2,5-8,11H,3-4,9-10H2. The van der Waals surface area contributed by atoms with Crippen molar-refractivity contribution in [2.45, 2.75) is 30.0 Å². The van der Waals surface area contributed by atoms with E-state index < -0.39 is 34.0 Å². The number of hydrogen-bond donors (Lipinski definition) is 0. The maximum absolute atomic E-state index is 12.8. The molecule has 1 aromatic carbocycles. The van der Waals surface area contributed by atoms with Crippen LogP contribution in [0.15, 0.2) is 41.4 Å². The van der Waals surface area contributed by atoms with Gasteiger partial charge in [0.25, 0.3) is 0 Å². The first-order valence-corrected chi connectivity index (χ1v) is 9.81. The summed E-state index contributed by atoms with van der Waals surface area (Å²) < 4.78 is 70.5. The highest BCUT2D eigenvalue weighted by Crippen LogP contribution is 2.29. The van der Waals surface area contributed by atoms with Gasteiger partial charge in [-0.2, -0.15) is 22.5 Å². The molecule has 0 radical (unpaired) electrons. The second-order valence-corrected chi connectivity index (χ2v) is 8.21. The van der Waals surface area contributed by atoms with E-state index in [1.807, 2.05) is 0 Å². The topological polar surface area (TPSA) is 72.4 Å². The average Bonchev–Trinajstić information content (AvgIpc) is 2.62. The molecular weight excluding hydrogens is 407 g/mol. The molecule has 1 aromatic heterocycles. The van der Waals surface area contributed by atoms with E-state index in [1.54, 1.807) is 12.1 Å². The van der Waals surface area contributed by atoms with Crippen molar-refractivity contribution in [2.75, 3.05) is 13.1 Å². The Bertz CT molecular complexity index is 924. The molecule has 0 aliphatic carbocycles. The van der Waals surface area contributed by atoms with Crippen LogP contribution in [-0.4, -0.2) is 41.9 Å². The molecule has 0 saturated carbocycles. The number of hydrogen-bond acceptors (Lipinski definition) is 5. The van der Waals surface area contributed by atoms with Gasteiger partial charge < -0.3 is 4.74 Å². The van der Waals surface area contributed by atoms with Crippen molar-refractivity contribution >= 4 is 21.6 Å². The van der Waals surface area contributed by atoms with Crippen LogP contribution in [0.25, 0.3) is 0 Å². The normalized spacial score (nSPS) is 19.0. The first-order valence-electron chi connectivity index (χ1n) is 7.99. The molecule has 1 saturated heterocycles. The van der Waals surface area contributed by atoms with E-state index in [0.717, 1.165) is 12.3 Å². The predicted octanol–water partition coefficient (Wildman–Crippen LogP) is 3.38. The maximum Gasteiger partial charge on any atom is 0.433 e. The summed E-state index contributed by atoms with van der Waals surface area (Å²) in [5.74, 6) is 0. The highest BCUT2D eigenvalue weighted by atomic mass is 35.5. The van der Waals surface area contributed by atoms with Gasteiger partial charge in [-0.15, -0.1) is 0 Å². The third-order valence-electron chi connectivity index (χ3n) is 3.99. The molecule has 2 heterocycles. The molecule has 1 aliphatic rings. The fraction of sp³-hybridized carbons (Fsp3) is 0.375. The summed E-state index contributed by atoms with van der Waals surface area (Å²) in [5, 5.41) is 0.0988. The van der Waals surface area contributed by atoms with E-state index in [9.17, 15) is 21.6 Å². The number of alkyl halides is 3. The van der Waals surface area contributed by atoms with Gasteiger partial charge in [0.05, 0.1) is 11.6 Å². The van der Waals surface area contributed by atoms with Crippen molar-refractivity contribution in [1.82, 2.24) is 14.3 Å². The summed E-state index contributed by atoms with van der Waals surface area (Å²) in [6, 6.07) is 6.36. The van der Waals surface area contributed by atoms with Gasteiger partial charge in [-0.25, -0.2) is 13.4 Å². The van der Waals surface area contributed by atoms with Gasteiger partial charge in [0.1, 0.15) is 11.0 Å². The molecule has 1 aliphatic heterocycles. The van der Waals surface area contributed by atoms with Crippen molar-refractivity contribution in [3.63, 3.8) is 0 Å². The summed E-state index contributed by atoms with van der Waals surface area (Å²) in [6.45, 7) is 0.226. The van der Waals surface area contributed by atoms with Crippen molar-refractivity contribution < 1.29 is 26.3 Å². The molecule has 0 amide bonds. The van der Waals surface area contributed by atoms with Crippen molar-refractivity contribution in [3.05, 3.63) is 47.2 Å². The number of ether oxygens (including phenoxy) is 1. The highest BCUT2D eigenvalue weighted by molar-refractivity contribution is 7.89. The second-order valence-electron chi connectivity index (χ2n) is 5.90. The van der Waals surface area contributed by atoms with Crippen LogP contribution in [0.5, 0.6) is 6.01 Å². The lowest BCUT2D eigenvalue weighted by Crippen LogP contribution is -2.44. The maximum atomic E-state index is 12.8. The Morgan fingerprint density at radius 1 is 1.22 bits per heavy atom. The van der Waals surface area contributed by atoms with Gasteiger partial charge in [0.2, 0.25) is 10.0 Å². The molecular formula is C16H15ClF3N3O3S. The highest BCUT2D eigenvalue weighted by Gasteiger charge is 2.35. The van der Waals surface area contributed by atoms with E-state index >= 15 is 0 Å². The van der Waals surface area contributed by atoms with Gasteiger partial charge in [0.15, 0.2) is 5.69 Å². The van der Waals surface area contributed by atoms with Crippen LogP contribution >= 0.6 is 11.6 Å². The van der Waals surface area contributed by atoms with Crippen LogP contribution < -0.4 is 4.74 Å². The Morgan fingerprint density at radius 2 is 1.96 bits per heavy atom. The molecule has 0 bridgehead atoms. The molecule has 1 fully saturated rings. The molecule has 0 spiro atoms. The number of sulfonamides is 1. The minimum absolute atomic E-state index is 0.0253. The Labute approximate surface area is 159 Å². The fourth-order valence-electron chi connectivity index (χ4n) is 2.72. The minimum atomic E-state index is -4.62. The van der Waals surface area contributed by atoms with Crippen molar-refractivity contribution in [1.29, 1.82) is 0 Å². The number of nitrogens with zero attached hydrogens (tertiary/aromatic N) is 3. The third kappa shape index (κ3) is 4.50. The molecule has 3 rings (SSSR count). The summed E-state index contributed by atoms with van der Waals surface area (Å²) >= 11 is 5.99. The summed E-state index contributed by atoms with van der Waals surface area (Å²) in [6.07, 6.45) is -3.39. The van der Waals surface area contributed by atoms with Gasteiger partial charge >= 0.3 is 12.2 Å². The van der Waals surface area contributed by atoms with E-state index in [-0.39, 0.29) is 23.0 Å². The monoisotopic (exact) mass is 421 g/mol. The average molecular weight is 422 g/mol. The van der Waals surface area contributed by atoms with E-state index in [4.69, 9.17) is 16.3 Å². The van der Waals surface area contributed by atoms with Gasteiger partial charge in [-0.05, 0) is 31.0 Å².